The number of ether oxygens (including phenoxy) is 2. The number of methoxy groups -OCH3 is 2. The Kier molecular flexibility index (Phi) is 6.74. The van der Waals surface area contributed by atoms with Gasteiger partial charge in [0.15, 0.2) is 4.80 Å². The second-order valence-electron chi connectivity index (χ2n) is 7.36. The lowest BCUT2D eigenvalue weighted by Crippen LogP contribution is -2.39. The van der Waals surface area contributed by atoms with Crippen LogP contribution in [0.15, 0.2) is 63.5 Å². The molecule has 0 saturated heterocycles. The van der Waals surface area contributed by atoms with Crippen molar-refractivity contribution in [1.82, 2.24) is 4.57 Å². The Morgan fingerprint density at radius 3 is 2.32 bits per heavy atom. The van der Waals surface area contributed by atoms with Crippen molar-refractivity contribution in [3.63, 3.8) is 0 Å². The largest absolute Gasteiger partial charge is 0.466 e. The summed E-state index contributed by atoms with van der Waals surface area (Å²) in [4.78, 5) is 43.0. The lowest BCUT2D eigenvalue weighted by Gasteiger charge is -2.24. The number of halogens is 2. The van der Waals surface area contributed by atoms with Gasteiger partial charge in [0.25, 0.3) is 5.56 Å². The first-order valence-corrected chi connectivity index (χ1v) is 11.6. The van der Waals surface area contributed by atoms with Crippen LogP contribution in [0, 0.1) is 0 Å². The SMILES string of the molecule is COC(=O)C1=C(C)N=c2sc(=Cc3ccc(Cl)c(Cl)c3)c(=O)n2C1c1ccc(C(=O)OC)cc1. The lowest BCUT2D eigenvalue weighted by molar-refractivity contribution is -0.136. The maximum Gasteiger partial charge on any atom is 0.338 e. The van der Waals surface area contributed by atoms with Crippen molar-refractivity contribution in [1.29, 1.82) is 0 Å². The number of thiazole rings is 1. The van der Waals surface area contributed by atoms with Crippen LogP contribution in [0.4, 0.5) is 0 Å². The van der Waals surface area contributed by atoms with Gasteiger partial charge in [-0.05, 0) is 48.4 Å². The quantitative estimate of drug-likeness (QED) is 0.495. The highest BCUT2D eigenvalue weighted by Crippen LogP contribution is 2.31. The topological polar surface area (TPSA) is 87.0 Å². The molecule has 34 heavy (non-hydrogen) atoms. The summed E-state index contributed by atoms with van der Waals surface area (Å²) >= 11 is 13.3. The van der Waals surface area contributed by atoms with Gasteiger partial charge in [-0.3, -0.25) is 9.36 Å². The standard InChI is InChI=1S/C24H18Cl2N2O5S/c1-12-19(23(31)33-3)20(14-5-7-15(8-6-14)22(30)32-2)28-21(29)18(34-24(28)27-12)11-13-4-9-16(25)17(26)10-13/h4-11,20H,1-3H3. The molecular weight excluding hydrogens is 499 g/mol. The van der Waals surface area contributed by atoms with E-state index in [0.29, 0.717) is 41.8 Å². The van der Waals surface area contributed by atoms with Crippen molar-refractivity contribution in [2.24, 2.45) is 4.99 Å². The smallest absolute Gasteiger partial charge is 0.338 e. The highest BCUT2D eigenvalue weighted by Gasteiger charge is 2.33. The molecule has 1 atom stereocenters. The van der Waals surface area contributed by atoms with Gasteiger partial charge in [-0.25, -0.2) is 14.6 Å². The van der Waals surface area contributed by atoms with Crippen LogP contribution in [0.2, 0.25) is 10.0 Å². The average Bonchev–Trinajstić information content (AvgIpc) is 3.14. The molecule has 3 aromatic rings. The average molecular weight is 517 g/mol. The van der Waals surface area contributed by atoms with Crippen LogP contribution in [-0.2, 0) is 14.3 Å². The first kappa shape index (κ1) is 23.9. The summed E-state index contributed by atoms with van der Waals surface area (Å²) in [5.74, 6) is -1.08. The van der Waals surface area contributed by atoms with E-state index in [1.165, 1.54) is 30.1 Å². The van der Waals surface area contributed by atoms with Gasteiger partial charge in [-0.2, -0.15) is 0 Å². The number of carbonyl (C=O) groups is 2. The molecule has 7 nitrogen and oxygen atoms in total. The Morgan fingerprint density at radius 2 is 1.71 bits per heavy atom. The Labute approximate surface area is 208 Å². The summed E-state index contributed by atoms with van der Waals surface area (Å²) in [6, 6.07) is 10.8. The van der Waals surface area contributed by atoms with Crippen LogP contribution in [-0.4, -0.2) is 30.7 Å². The first-order valence-electron chi connectivity index (χ1n) is 9.99. The fourth-order valence-corrected chi connectivity index (χ4v) is 5.03. The number of rotatable bonds is 4. The van der Waals surface area contributed by atoms with E-state index >= 15 is 0 Å². The highest BCUT2D eigenvalue weighted by molar-refractivity contribution is 7.07. The molecule has 2 aromatic carbocycles. The van der Waals surface area contributed by atoms with E-state index in [-0.39, 0.29) is 11.1 Å². The lowest BCUT2D eigenvalue weighted by atomic mass is 9.95. The number of benzene rings is 2. The molecule has 1 unspecified atom stereocenters. The molecule has 1 aliphatic rings. The van der Waals surface area contributed by atoms with Crippen LogP contribution in [0.25, 0.3) is 6.08 Å². The maximum atomic E-state index is 13.5. The molecule has 1 aliphatic heterocycles. The molecule has 0 amide bonds. The second-order valence-corrected chi connectivity index (χ2v) is 9.18. The summed E-state index contributed by atoms with van der Waals surface area (Å²) in [5.41, 5.74) is 2.01. The molecule has 2 heterocycles. The number of carbonyl (C=O) groups excluding carboxylic acids is 2. The number of hydrogen-bond donors (Lipinski definition) is 0. The number of allylic oxidation sites excluding steroid dienone is 1. The number of nitrogens with zero attached hydrogens (tertiary/aromatic N) is 2. The van der Waals surface area contributed by atoms with Crippen LogP contribution in [0.5, 0.6) is 0 Å². The first-order chi connectivity index (χ1) is 16.2. The molecule has 0 bridgehead atoms. The summed E-state index contributed by atoms with van der Waals surface area (Å²) in [6.45, 7) is 1.69. The van der Waals surface area contributed by atoms with E-state index in [2.05, 4.69) is 4.99 Å². The van der Waals surface area contributed by atoms with Gasteiger partial charge in [-0.15, -0.1) is 0 Å². The summed E-state index contributed by atoms with van der Waals surface area (Å²) in [6.07, 6.45) is 1.70. The zero-order valence-electron chi connectivity index (χ0n) is 18.3. The van der Waals surface area contributed by atoms with Crippen molar-refractivity contribution < 1.29 is 19.1 Å². The van der Waals surface area contributed by atoms with E-state index in [0.717, 1.165) is 0 Å². The Hall–Kier alpha value is -3.20. The van der Waals surface area contributed by atoms with Crippen LogP contribution >= 0.6 is 34.5 Å². The molecule has 0 aliphatic carbocycles. The van der Waals surface area contributed by atoms with E-state index in [1.54, 1.807) is 55.5 Å². The van der Waals surface area contributed by atoms with Gasteiger partial charge in [0.05, 0.1) is 51.7 Å². The number of esters is 2. The number of hydrogen-bond acceptors (Lipinski definition) is 7. The van der Waals surface area contributed by atoms with E-state index in [4.69, 9.17) is 32.7 Å². The van der Waals surface area contributed by atoms with Gasteiger partial charge < -0.3 is 9.47 Å². The number of fused-ring (bicyclic) bond motifs is 1. The molecule has 174 valence electrons. The third-order valence-electron chi connectivity index (χ3n) is 5.32. The fourth-order valence-electron chi connectivity index (χ4n) is 3.68. The Bertz CT molecular complexity index is 1520. The van der Waals surface area contributed by atoms with Crippen molar-refractivity contribution in [3.05, 3.63) is 100 Å². The molecule has 0 fully saturated rings. The predicted octanol–water partition coefficient (Wildman–Crippen LogP) is 3.50. The molecular formula is C24H18Cl2N2O5S. The van der Waals surface area contributed by atoms with Crippen LogP contribution in [0.1, 0.15) is 34.5 Å². The Morgan fingerprint density at radius 1 is 1.03 bits per heavy atom. The molecule has 0 radical (unpaired) electrons. The van der Waals surface area contributed by atoms with Crippen molar-refractivity contribution >= 4 is 52.6 Å². The third-order valence-corrected chi connectivity index (χ3v) is 7.04. The van der Waals surface area contributed by atoms with E-state index < -0.39 is 18.0 Å². The Balaban J connectivity index is 1.93. The normalized spacial score (nSPS) is 15.6. The van der Waals surface area contributed by atoms with Gasteiger partial charge in [-0.1, -0.05) is 52.7 Å². The monoisotopic (exact) mass is 516 g/mol. The summed E-state index contributed by atoms with van der Waals surface area (Å²) in [5, 5.41) is 0.782. The second kappa shape index (κ2) is 9.58. The van der Waals surface area contributed by atoms with Gasteiger partial charge in [0.1, 0.15) is 0 Å². The predicted molar refractivity (Wildman–Crippen MR) is 130 cm³/mol. The van der Waals surface area contributed by atoms with Crippen molar-refractivity contribution in [3.8, 4) is 0 Å². The zero-order chi connectivity index (χ0) is 24.6. The number of aromatic nitrogens is 1. The van der Waals surface area contributed by atoms with Gasteiger partial charge in [0.2, 0.25) is 0 Å². The maximum absolute atomic E-state index is 13.5. The summed E-state index contributed by atoms with van der Waals surface area (Å²) in [7, 11) is 2.57. The van der Waals surface area contributed by atoms with Crippen molar-refractivity contribution in [2.75, 3.05) is 14.2 Å². The molecule has 0 saturated carbocycles. The zero-order valence-corrected chi connectivity index (χ0v) is 20.6. The van der Waals surface area contributed by atoms with Gasteiger partial charge in [0, 0.05) is 0 Å². The molecule has 0 spiro atoms. The van der Waals surface area contributed by atoms with E-state index in [9.17, 15) is 14.4 Å². The minimum absolute atomic E-state index is 0.238. The van der Waals surface area contributed by atoms with E-state index in [1.807, 2.05) is 0 Å². The minimum Gasteiger partial charge on any atom is -0.466 e. The highest BCUT2D eigenvalue weighted by atomic mass is 35.5. The molecule has 0 N–H and O–H groups in total. The van der Waals surface area contributed by atoms with Crippen molar-refractivity contribution in [2.45, 2.75) is 13.0 Å². The van der Waals surface area contributed by atoms with Crippen LogP contribution in [0.3, 0.4) is 0 Å². The minimum atomic E-state index is -0.786. The van der Waals surface area contributed by atoms with Crippen LogP contribution < -0.4 is 14.9 Å². The molecule has 4 rings (SSSR count). The summed E-state index contributed by atoms with van der Waals surface area (Å²) < 4.78 is 11.6. The molecule has 1 aromatic heterocycles. The fraction of sp³-hybridized carbons (Fsp3) is 0.167. The third kappa shape index (κ3) is 4.32. The van der Waals surface area contributed by atoms with Gasteiger partial charge >= 0.3 is 11.9 Å². The molecule has 10 heteroatoms.